The molecule has 0 atom stereocenters. The molecule has 3 nitrogen and oxygen atoms in total. The Labute approximate surface area is 160 Å². The van der Waals surface area contributed by atoms with E-state index in [0.717, 1.165) is 34.6 Å². The highest BCUT2D eigenvalue weighted by Gasteiger charge is 2.27. The minimum atomic E-state index is -3.26. The van der Waals surface area contributed by atoms with E-state index >= 15 is 0 Å². The zero-order valence-corrected chi connectivity index (χ0v) is 17.6. The Kier molecular flexibility index (Phi) is 7.86. The predicted molar refractivity (Wildman–Crippen MR) is 106 cm³/mol. The topological polar surface area (TPSA) is 35.5 Å². The first-order chi connectivity index (χ1) is 11.5. The standard InChI is InChI=1S/C18H21Br2O3P/c1-2-3-4-5-14-24(21,22-17-10-6-15(19)7-11-17)23-18-12-8-16(20)9-13-18/h6-13H,2-5,14H2,1H3. The van der Waals surface area contributed by atoms with Gasteiger partial charge in [0.2, 0.25) is 0 Å². The third kappa shape index (κ3) is 6.62. The minimum absolute atomic E-state index is 0.402. The van der Waals surface area contributed by atoms with Gasteiger partial charge in [0, 0.05) is 8.95 Å². The van der Waals surface area contributed by atoms with Crippen molar-refractivity contribution in [1.82, 2.24) is 0 Å². The summed E-state index contributed by atoms with van der Waals surface area (Å²) in [5.74, 6) is 1.10. The van der Waals surface area contributed by atoms with Crippen LogP contribution in [0.25, 0.3) is 0 Å². The van der Waals surface area contributed by atoms with Crippen molar-refractivity contribution in [2.24, 2.45) is 0 Å². The molecule has 2 rings (SSSR count). The summed E-state index contributed by atoms with van der Waals surface area (Å²) in [4.78, 5) is 0. The van der Waals surface area contributed by atoms with Crippen LogP contribution in [0.2, 0.25) is 0 Å². The van der Waals surface area contributed by atoms with E-state index in [9.17, 15) is 4.57 Å². The first-order valence-corrected chi connectivity index (χ1v) is 11.3. The van der Waals surface area contributed by atoms with E-state index in [1.165, 1.54) is 0 Å². The first-order valence-electron chi connectivity index (χ1n) is 8.00. The smallest absolute Gasteiger partial charge is 0.416 e. The maximum atomic E-state index is 13.2. The fraction of sp³-hybridized carbons (Fsp3) is 0.333. The predicted octanol–water partition coefficient (Wildman–Crippen LogP) is 7.44. The van der Waals surface area contributed by atoms with Crippen LogP contribution in [0.4, 0.5) is 0 Å². The molecule has 0 heterocycles. The quantitative estimate of drug-likeness (QED) is 0.279. The molecule has 0 aliphatic rings. The third-order valence-corrected chi connectivity index (χ3v) is 6.30. The molecule has 0 saturated heterocycles. The fourth-order valence-electron chi connectivity index (χ4n) is 2.15. The molecule has 2 aromatic carbocycles. The van der Waals surface area contributed by atoms with Crippen LogP contribution in [0.1, 0.15) is 32.6 Å². The van der Waals surface area contributed by atoms with Gasteiger partial charge in [-0.1, -0.05) is 58.0 Å². The molecular weight excluding hydrogens is 455 g/mol. The van der Waals surface area contributed by atoms with Gasteiger partial charge in [0.25, 0.3) is 0 Å². The number of hydrogen-bond donors (Lipinski definition) is 0. The van der Waals surface area contributed by atoms with E-state index in [0.29, 0.717) is 17.7 Å². The highest BCUT2D eigenvalue weighted by Crippen LogP contribution is 2.49. The average Bonchev–Trinajstić information content (AvgIpc) is 2.56. The molecule has 0 unspecified atom stereocenters. The monoisotopic (exact) mass is 474 g/mol. The van der Waals surface area contributed by atoms with Crippen LogP contribution in [-0.2, 0) is 4.57 Å². The Morgan fingerprint density at radius 3 is 1.67 bits per heavy atom. The second-order valence-electron chi connectivity index (χ2n) is 5.49. The molecule has 130 valence electrons. The summed E-state index contributed by atoms with van der Waals surface area (Å²) in [7, 11) is -3.26. The molecule has 0 aliphatic heterocycles. The zero-order valence-electron chi connectivity index (χ0n) is 13.6. The van der Waals surface area contributed by atoms with Crippen LogP contribution >= 0.6 is 39.5 Å². The van der Waals surface area contributed by atoms with Crippen molar-refractivity contribution in [2.45, 2.75) is 32.6 Å². The van der Waals surface area contributed by atoms with Crippen molar-refractivity contribution in [1.29, 1.82) is 0 Å². The lowest BCUT2D eigenvalue weighted by Crippen LogP contribution is -2.05. The maximum absolute atomic E-state index is 13.2. The summed E-state index contributed by atoms with van der Waals surface area (Å²) >= 11 is 6.77. The van der Waals surface area contributed by atoms with Gasteiger partial charge in [-0.15, -0.1) is 0 Å². The van der Waals surface area contributed by atoms with Gasteiger partial charge < -0.3 is 9.05 Å². The molecular formula is C18H21Br2O3P. The van der Waals surface area contributed by atoms with Crippen LogP contribution in [0.15, 0.2) is 57.5 Å². The summed E-state index contributed by atoms with van der Waals surface area (Å²) in [6.07, 6.45) is 4.49. The van der Waals surface area contributed by atoms with Crippen molar-refractivity contribution in [3.63, 3.8) is 0 Å². The van der Waals surface area contributed by atoms with E-state index in [1.54, 1.807) is 24.3 Å². The van der Waals surface area contributed by atoms with Gasteiger partial charge in [0.05, 0.1) is 6.16 Å². The van der Waals surface area contributed by atoms with Crippen LogP contribution < -0.4 is 9.05 Å². The molecule has 0 bridgehead atoms. The molecule has 0 fully saturated rings. The molecule has 0 aliphatic carbocycles. The molecule has 6 heteroatoms. The summed E-state index contributed by atoms with van der Waals surface area (Å²) in [6.45, 7) is 2.15. The molecule has 0 spiro atoms. The molecule has 0 aromatic heterocycles. The lowest BCUT2D eigenvalue weighted by Gasteiger charge is -2.20. The maximum Gasteiger partial charge on any atom is 0.430 e. The van der Waals surface area contributed by atoms with Gasteiger partial charge in [-0.05, 0) is 55.0 Å². The first kappa shape index (κ1) is 19.6. The Balaban J connectivity index is 2.11. The number of unbranched alkanes of at least 4 members (excludes halogenated alkanes) is 3. The fourth-order valence-corrected chi connectivity index (χ4v) is 4.40. The molecule has 0 amide bonds. The van der Waals surface area contributed by atoms with Crippen molar-refractivity contribution in [3.05, 3.63) is 57.5 Å². The van der Waals surface area contributed by atoms with Gasteiger partial charge >= 0.3 is 7.60 Å². The minimum Gasteiger partial charge on any atom is -0.416 e. The second-order valence-corrected chi connectivity index (χ2v) is 9.35. The third-order valence-electron chi connectivity index (χ3n) is 3.40. The Morgan fingerprint density at radius 2 is 1.25 bits per heavy atom. The van der Waals surface area contributed by atoms with Gasteiger partial charge in [0.1, 0.15) is 11.5 Å². The van der Waals surface area contributed by atoms with Gasteiger partial charge in [0.15, 0.2) is 0 Å². The second kappa shape index (κ2) is 9.65. The number of hydrogen-bond acceptors (Lipinski definition) is 3. The van der Waals surface area contributed by atoms with E-state index < -0.39 is 7.60 Å². The van der Waals surface area contributed by atoms with Gasteiger partial charge in [-0.25, -0.2) is 4.57 Å². The van der Waals surface area contributed by atoms with Crippen molar-refractivity contribution >= 4 is 39.5 Å². The molecule has 0 N–H and O–H groups in total. The van der Waals surface area contributed by atoms with Gasteiger partial charge in [-0.2, -0.15) is 0 Å². The summed E-state index contributed by atoms with van der Waals surface area (Å²) in [5.41, 5.74) is 0. The molecule has 2 aromatic rings. The Hall–Kier alpha value is -0.770. The SMILES string of the molecule is CCCCCCP(=O)(Oc1ccc(Br)cc1)Oc1ccc(Br)cc1. The highest BCUT2D eigenvalue weighted by molar-refractivity contribution is 9.10. The van der Waals surface area contributed by atoms with E-state index in [2.05, 4.69) is 38.8 Å². The normalized spacial score (nSPS) is 11.3. The lowest BCUT2D eigenvalue weighted by molar-refractivity contribution is 0.383. The van der Waals surface area contributed by atoms with E-state index in [1.807, 2.05) is 24.3 Å². The molecule has 0 saturated carbocycles. The van der Waals surface area contributed by atoms with Crippen LogP contribution in [0.5, 0.6) is 11.5 Å². The van der Waals surface area contributed by atoms with Crippen LogP contribution in [0.3, 0.4) is 0 Å². The number of rotatable bonds is 9. The van der Waals surface area contributed by atoms with Gasteiger partial charge in [-0.3, -0.25) is 0 Å². The number of benzene rings is 2. The lowest BCUT2D eigenvalue weighted by atomic mass is 10.2. The highest BCUT2D eigenvalue weighted by atomic mass is 79.9. The Morgan fingerprint density at radius 1 is 0.792 bits per heavy atom. The summed E-state index contributed by atoms with van der Waals surface area (Å²) < 4.78 is 26.7. The van der Waals surface area contributed by atoms with Crippen molar-refractivity contribution in [2.75, 3.05) is 6.16 Å². The largest absolute Gasteiger partial charge is 0.430 e. The summed E-state index contributed by atoms with van der Waals surface area (Å²) in [5, 5.41) is 0. The Bertz CT molecular complexity index is 620. The van der Waals surface area contributed by atoms with E-state index in [-0.39, 0.29) is 0 Å². The van der Waals surface area contributed by atoms with Crippen molar-refractivity contribution in [3.8, 4) is 11.5 Å². The zero-order chi connectivity index (χ0) is 17.4. The van der Waals surface area contributed by atoms with Crippen LogP contribution in [-0.4, -0.2) is 6.16 Å². The molecule has 0 radical (unpaired) electrons. The molecule has 24 heavy (non-hydrogen) atoms. The van der Waals surface area contributed by atoms with Crippen molar-refractivity contribution < 1.29 is 13.6 Å². The van der Waals surface area contributed by atoms with Crippen LogP contribution in [0, 0.1) is 0 Å². The average molecular weight is 476 g/mol. The van der Waals surface area contributed by atoms with E-state index in [4.69, 9.17) is 9.05 Å². The number of halogens is 2. The summed E-state index contributed by atoms with van der Waals surface area (Å²) in [6, 6.07) is 14.6.